The summed E-state index contributed by atoms with van der Waals surface area (Å²) in [6, 6.07) is 21.8. The van der Waals surface area contributed by atoms with E-state index in [-0.39, 0.29) is 30.6 Å². The maximum atomic E-state index is 13.4. The molecular weight excluding hydrogens is 455 g/mol. The molecule has 7 heteroatoms. The Kier molecular flexibility index (Phi) is 9.47. The molecule has 178 valence electrons. The zero-order valence-corrected chi connectivity index (χ0v) is 19.8. The van der Waals surface area contributed by atoms with Crippen molar-refractivity contribution in [2.75, 3.05) is 13.7 Å². The number of benzene rings is 3. The van der Waals surface area contributed by atoms with Crippen LogP contribution in [0.4, 0.5) is 4.39 Å². The van der Waals surface area contributed by atoms with Gasteiger partial charge in [0, 0.05) is 31.5 Å². The summed E-state index contributed by atoms with van der Waals surface area (Å²) in [6.45, 7) is 0.545. The molecule has 0 spiro atoms. The van der Waals surface area contributed by atoms with Crippen LogP contribution in [0.3, 0.4) is 0 Å². The highest BCUT2D eigenvalue weighted by Gasteiger charge is 2.29. The highest BCUT2D eigenvalue weighted by molar-refractivity contribution is 6.30. The number of ether oxygens (including phenoxy) is 1. The molecule has 0 aliphatic carbocycles. The maximum absolute atomic E-state index is 13.4. The van der Waals surface area contributed by atoms with Crippen molar-refractivity contribution < 1.29 is 18.7 Å². The molecule has 0 saturated heterocycles. The molecule has 0 aromatic heterocycles. The summed E-state index contributed by atoms with van der Waals surface area (Å²) in [5.74, 6) is -0.106. The molecule has 5 nitrogen and oxygen atoms in total. The maximum Gasteiger partial charge on any atom is 0.242 e. The molecule has 0 heterocycles. The van der Waals surface area contributed by atoms with Crippen LogP contribution in [-0.4, -0.2) is 36.4 Å². The van der Waals surface area contributed by atoms with Crippen LogP contribution in [0, 0.1) is 5.82 Å². The molecule has 2 amide bonds. The molecule has 0 bridgehead atoms. The van der Waals surface area contributed by atoms with Gasteiger partial charge in [0.15, 0.2) is 0 Å². The second-order valence-electron chi connectivity index (χ2n) is 7.87. The van der Waals surface area contributed by atoms with E-state index in [2.05, 4.69) is 5.32 Å². The van der Waals surface area contributed by atoms with Crippen LogP contribution in [0.1, 0.15) is 24.0 Å². The molecule has 3 rings (SSSR count). The first-order valence-electron chi connectivity index (χ1n) is 11.1. The van der Waals surface area contributed by atoms with Gasteiger partial charge in [-0.2, -0.15) is 0 Å². The number of hydrogen-bond acceptors (Lipinski definition) is 3. The second kappa shape index (κ2) is 12.8. The third-order valence-corrected chi connectivity index (χ3v) is 5.65. The van der Waals surface area contributed by atoms with E-state index in [1.165, 1.54) is 12.1 Å². The highest BCUT2D eigenvalue weighted by atomic mass is 35.5. The Morgan fingerprint density at radius 3 is 2.29 bits per heavy atom. The van der Waals surface area contributed by atoms with Crippen LogP contribution in [0.2, 0.25) is 5.02 Å². The Hall–Kier alpha value is -3.38. The molecular formula is C27H28ClFN2O3. The summed E-state index contributed by atoms with van der Waals surface area (Å²) in [5, 5.41) is 3.30. The Balaban J connectivity index is 1.73. The van der Waals surface area contributed by atoms with Gasteiger partial charge in [0.25, 0.3) is 0 Å². The zero-order chi connectivity index (χ0) is 24.3. The molecule has 0 aliphatic heterocycles. The van der Waals surface area contributed by atoms with Crippen LogP contribution in [0.5, 0.6) is 5.75 Å². The minimum absolute atomic E-state index is 0.173. The Bertz CT molecular complexity index is 1060. The van der Waals surface area contributed by atoms with Crippen molar-refractivity contribution in [3.05, 3.63) is 101 Å². The van der Waals surface area contributed by atoms with Gasteiger partial charge in [-0.3, -0.25) is 9.59 Å². The topological polar surface area (TPSA) is 58.6 Å². The van der Waals surface area contributed by atoms with Crippen LogP contribution >= 0.6 is 11.6 Å². The average molecular weight is 483 g/mol. The number of halogens is 2. The van der Waals surface area contributed by atoms with E-state index >= 15 is 0 Å². The van der Waals surface area contributed by atoms with Gasteiger partial charge >= 0.3 is 0 Å². The third-order valence-electron chi connectivity index (χ3n) is 5.40. The minimum atomic E-state index is -0.706. The summed E-state index contributed by atoms with van der Waals surface area (Å²) < 4.78 is 19.1. The third kappa shape index (κ3) is 7.59. The molecule has 0 radical (unpaired) electrons. The smallest absolute Gasteiger partial charge is 0.242 e. The zero-order valence-electron chi connectivity index (χ0n) is 19.0. The van der Waals surface area contributed by atoms with E-state index in [1.54, 1.807) is 48.3 Å². The Labute approximate surface area is 204 Å². The second-order valence-corrected chi connectivity index (χ2v) is 8.31. The van der Waals surface area contributed by atoms with E-state index in [1.807, 2.05) is 30.3 Å². The normalized spacial score (nSPS) is 11.5. The molecule has 3 aromatic carbocycles. The van der Waals surface area contributed by atoms with E-state index in [0.29, 0.717) is 30.2 Å². The van der Waals surface area contributed by atoms with Crippen molar-refractivity contribution in [1.29, 1.82) is 0 Å². The Morgan fingerprint density at radius 2 is 1.65 bits per heavy atom. The lowest BCUT2D eigenvalue weighted by Crippen LogP contribution is -2.49. The summed E-state index contributed by atoms with van der Waals surface area (Å²) in [5.41, 5.74) is 1.69. The first-order valence-corrected chi connectivity index (χ1v) is 11.5. The molecule has 1 atom stereocenters. The van der Waals surface area contributed by atoms with Crippen LogP contribution in [0.25, 0.3) is 0 Å². The molecule has 3 aromatic rings. The van der Waals surface area contributed by atoms with Gasteiger partial charge in [-0.05, 0) is 53.9 Å². The fraction of sp³-hybridized carbons (Fsp3) is 0.259. The van der Waals surface area contributed by atoms with Crippen LogP contribution in [0.15, 0.2) is 78.9 Å². The lowest BCUT2D eigenvalue weighted by Gasteiger charge is -2.31. The molecule has 0 aliphatic rings. The number of nitrogens with zero attached hydrogens (tertiary/aromatic N) is 1. The standard InChI is InChI=1S/C27H28ClFN2O3/c1-30-27(33)25(18-20-6-3-2-4-7-20)31(19-21-9-13-23(29)14-10-21)26(32)8-5-17-34-24-15-11-22(28)12-16-24/h2-4,6-7,9-16,25H,5,8,17-19H2,1H3,(H,30,33)/t25-/m0/s1. The lowest BCUT2D eigenvalue weighted by molar-refractivity contribution is -0.141. The quantitative estimate of drug-likeness (QED) is 0.390. The van der Waals surface area contributed by atoms with E-state index < -0.39 is 6.04 Å². The number of likely N-dealkylation sites (N-methyl/N-ethyl adjacent to an activating group) is 1. The van der Waals surface area contributed by atoms with Crippen LogP contribution < -0.4 is 10.1 Å². The van der Waals surface area contributed by atoms with Crippen molar-refractivity contribution in [2.45, 2.75) is 31.8 Å². The van der Waals surface area contributed by atoms with Gasteiger partial charge in [-0.15, -0.1) is 0 Å². The van der Waals surface area contributed by atoms with Crippen molar-refractivity contribution in [3.8, 4) is 5.75 Å². The van der Waals surface area contributed by atoms with E-state index in [0.717, 1.165) is 11.1 Å². The van der Waals surface area contributed by atoms with E-state index in [9.17, 15) is 14.0 Å². The fourth-order valence-electron chi connectivity index (χ4n) is 3.59. The van der Waals surface area contributed by atoms with Gasteiger partial charge < -0.3 is 15.0 Å². The molecule has 34 heavy (non-hydrogen) atoms. The van der Waals surface area contributed by atoms with Crippen molar-refractivity contribution >= 4 is 23.4 Å². The number of carbonyl (C=O) groups excluding carboxylic acids is 2. The number of carbonyl (C=O) groups is 2. The summed E-state index contributed by atoms with van der Waals surface area (Å²) >= 11 is 5.89. The number of hydrogen-bond donors (Lipinski definition) is 1. The largest absolute Gasteiger partial charge is 0.494 e. The van der Waals surface area contributed by atoms with Crippen molar-refractivity contribution in [3.63, 3.8) is 0 Å². The van der Waals surface area contributed by atoms with Gasteiger partial charge in [0.2, 0.25) is 11.8 Å². The summed E-state index contributed by atoms with van der Waals surface area (Å²) in [4.78, 5) is 27.7. The fourth-order valence-corrected chi connectivity index (χ4v) is 3.72. The van der Waals surface area contributed by atoms with Gasteiger partial charge in [-0.1, -0.05) is 54.1 Å². The molecule has 0 saturated carbocycles. The first-order chi connectivity index (χ1) is 16.5. The monoisotopic (exact) mass is 482 g/mol. The first kappa shape index (κ1) is 25.2. The summed E-state index contributed by atoms with van der Waals surface area (Å²) in [7, 11) is 1.56. The number of rotatable bonds is 11. The Morgan fingerprint density at radius 1 is 0.971 bits per heavy atom. The average Bonchev–Trinajstić information content (AvgIpc) is 2.86. The number of amides is 2. The molecule has 0 unspecified atom stereocenters. The van der Waals surface area contributed by atoms with Crippen LogP contribution in [-0.2, 0) is 22.6 Å². The molecule has 0 fully saturated rings. The van der Waals surface area contributed by atoms with Gasteiger partial charge in [0.1, 0.15) is 17.6 Å². The lowest BCUT2D eigenvalue weighted by atomic mass is 10.0. The number of nitrogens with one attached hydrogen (secondary N) is 1. The van der Waals surface area contributed by atoms with Crippen molar-refractivity contribution in [1.82, 2.24) is 10.2 Å². The predicted octanol–water partition coefficient (Wildman–Crippen LogP) is 5.02. The SMILES string of the molecule is CNC(=O)[C@H](Cc1ccccc1)N(Cc1ccc(F)cc1)C(=O)CCCOc1ccc(Cl)cc1. The highest BCUT2D eigenvalue weighted by Crippen LogP contribution is 2.18. The van der Waals surface area contributed by atoms with Gasteiger partial charge in [-0.25, -0.2) is 4.39 Å². The van der Waals surface area contributed by atoms with Gasteiger partial charge in [0.05, 0.1) is 6.61 Å². The molecule has 1 N–H and O–H groups in total. The predicted molar refractivity (Wildman–Crippen MR) is 131 cm³/mol. The van der Waals surface area contributed by atoms with E-state index in [4.69, 9.17) is 16.3 Å². The minimum Gasteiger partial charge on any atom is -0.494 e. The van der Waals surface area contributed by atoms with Crippen molar-refractivity contribution in [2.24, 2.45) is 0 Å². The summed E-state index contributed by atoms with van der Waals surface area (Å²) in [6.07, 6.45) is 1.05.